The van der Waals surface area contributed by atoms with Gasteiger partial charge in [-0.25, -0.2) is 0 Å². The van der Waals surface area contributed by atoms with Gasteiger partial charge in [0.2, 0.25) is 0 Å². The van der Waals surface area contributed by atoms with E-state index in [-0.39, 0.29) is 11.4 Å². The molecule has 13 heavy (non-hydrogen) atoms. The highest BCUT2D eigenvalue weighted by Crippen LogP contribution is 2.24. The maximum atomic E-state index is 11.0. The predicted octanol–water partition coefficient (Wildman–Crippen LogP) is 1.94. The van der Waals surface area contributed by atoms with E-state index in [4.69, 9.17) is 4.74 Å². The zero-order valence-corrected chi connectivity index (χ0v) is 8.63. The van der Waals surface area contributed by atoms with Gasteiger partial charge >= 0.3 is 5.97 Å². The zero-order chi connectivity index (χ0) is 10.3. The number of carbonyl (C=O) groups is 2. The van der Waals surface area contributed by atoms with E-state index in [0.717, 1.165) is 12.7 Å². The van der Waals surface area contributed by atoms with Crippen molar-refractivity contribution in [2.45, 2.75) is 40.0 Å². The smallest absolute Gasteiger partial charge is 0.305 e. The van der Waals surface area contributed by atoms with Crippen molar-refractivity contribution in [1.82, 2.24) is 0 Å². The summed E-state index contributed by atoms with van der Waals surface area (Å²) >= 11 is 0. The molecule has 0 aromatic carbocycles. The lowest BCUT2D eigenvalue weighted by Gasteiger charge is -2.19. The second-order valence-corrected chi connectivity index (χ2v) is 3.43. The Morgan fingerprint density at radius 3 is 2.46 bits per heavy atom. The van der Waals surface area contributed by atoms with Crippen LogP contribution in [0.15, 0.2) is 0 Å². The first-order valence-corrected chi connectivity index (χ1v) is 4.70. The average Bonchev–Trinajstić information content (AvgIpc) is 2.15. The first-order valence-electron chi connectivity index (χ1n) is 4.70. The molecule has 3 nitrogen and oxygen atoms in total. The van der Waals surface area contributed by atoms with Crippen molar-refractivity contribution in [3.05, 3.63) is 0 Å². The van der Waals surface area contributed by atoms with Crippen LogP contribution in [-0.4, -0.2) is 18.9 Å². The Morgan fingerprint density at radius 1 is 1.46 bits per heavy atom. The van der Waals surface area contributed by atoms with Crippen LogP contribution < -0.4 is 0 Å². The Morgan fingerprint density at radius 2 is 2.08 bits per heavy atom. The molecule has 1 atom stereocenters. The van der Waals surface area contributed by atoms with Gasteiger partial charge in [-0.15, -0.1) is 0 Å². The van der Waals surface area contributed by atoms with Crippen molar-refractivity contribution in [2.75, 3.05) is 6.61 Å². The summed E-state index contributed by atoms with van der Waals surface area (Å²) in [5.41, 5.74) is -0.368. The Labute approximate surface area is 79.5 Å². The van der Waals surface area contributed by atoms with Gasteiger partial charge in [0.25, 0.3) is 0 Å². The van der Waals surface area contributed by atoms with Gasteiger partial charge < -0.3 is 9.53 Å². The standard InChI is InChI=1S/C10H18O3/c1-4-10(3,8-11)7-6-9(12)13-5-2/h8H,4-7H2,1-3H3. The molecule has 0 saturated carbocycles. The van der Waals surface area contributed by atoms with E-state index in [1.54, 1.807) is 6.92 Å². The molecule has 0 fully saturated rings. The van der Waals surface area contributed by atoms with E-state index < -0.39 is 0 Å². The minimum absolute atomic E-state index is 0.218. The summed E-state index contributed by atoms with van der Waals surface area (Å²) in [6.45, 7) is 5.98. The van der Waals surface area contributed by atoms with Crippen LogP contribution in [0.4, 0.5) is 0 Å². The molecule has 3 heteroatoms. The van der Waals surface area contributed by atoms with Crippen molar-refractivity contribution in [3.8, 4) is 0 Å². The predicted molar refractivity (Wildman–Crippen MR) is 50.3 cm³/mol. The molecule has 0 N–H and O–H groups in total. The third-order valence-electron chi connectivity index (χ3n) is 2.30. The fourth-order valence-corrected chi connectivity index (χ4v) is 0.940. The third kappa shape index (κ3) is 4.65. The van der Waals surface area contributed by atoms with Crippen LogP contribution in [0.1, 0.15) is 40.0 Å². The maximum absolute atomic E-state index is 11.0. The van der Waals surface area contributed by atoms with Crippen molar-refractivity contribution in [1.29, 1.82) is 0 Å². The zero-order valence-electron chi connectivity index (χ0n) is 8.63. The second-order valence-electron chi connectivity index (χ2n) is 3.43. The number of ether oxygens (including phenoxy) is 1. The molecule has 0 saturated heterocycles. The molecule has 0 amide bonds. The number of hydrogen-bond donors (Lipinski definition) is 0. The molecule has 0 spiro atoms. The molecule has 0 heterocycles. The van der Waals surface area contributed by atoms with E-state index in [0.29, 0.717) is 19.4 Å². The summed E-state index contributed by atoms with van der Waals surface area (Å²) in [7, 11) is 0. The molecule has 0 aliphatic heterocycles. The highest BCUT2D eigenvalue weighted by Gasteiger charge is 2.22. The molecule has 0 radical (unpaired) electrons. The van der Waals surface area contributed by atoms with Crippen molar-refractivity contribution in [3.63, 3.8) is 0 Å². The molecular formula is C10H18O3. The van der Waals surface area contributed by atoms with E-state index in [1.807, 2.05) is 13.8 Å². The van der Waals surface area contributed by atoms with Gasteiger partial charge in [-0.2, -0.15) is 0 Å². The van der Waals surface area contributed by atoms with Gasteiger partial charge in [0, 0.05) is 11.8 Å². The fraction of sp³-hybridized carbons (Fsp3) is 0.800. The van der Waals surface area contributed by atoms with Crippen molar-refractivity contribution in [2.24, 2.45) is 5.41 Å². The Kier molecular flexibility index (Phi) is 5.35. The van der Waals surface area contributed by atoms with Crippen LogP contribution >= 0.6 is 0 Å². The van der Waals surface area contributed by atoms with Crippen molar-refractivity contribution < 1.29 is 14.3 Å². The SMILES string of the molecule is CCOC(=O)CCC(C)(C=O)CC. The van der Waals surface area contributed by atoms with Gasteiger partial charge in [-0.05, 0) is 19.8 Å². The Balaban J connectivity index is 3.85. The minimum Gasteiger partial charge on any atom is -0.466 e. The molecule has 76 valence electrons. The van der Waals surface area contributed by atoms with Crippen LogP contribution in [0, 0.1) is 5.41 Å². The van der Waals surface area contributed by atoms with Crippen LogP contribution in [0.3, 0.4) is 0 Å². The summed E-state index contributed by atoms with van der Waals surface area (Å²) in [6, 6.07) is 0. The van der Waals surface area contributed by atoms with Gasteiger partial charge in [-0.3, -0.25) is 4.79 Å². The molecule has 0 aromatic rings. The molecule has 0 aliphatic rings. The summed E-state index contributed by atoms with van der Waals surface area (Å²) in [5.74, 6) is -0.218. The topological polar surface area (TPSA) is 43.4 Å². The first kappa shape index (κ1) is 12.1. The van der Waals surface area contributed by atoms with E-state index in [1.165, 1.54) is 0 Å². The van der Waals surface area contributed by atoms with Gasteiger partial charge in [0.15, 0.2) is 0 Å². The molecular weight excluding hydrogens is 168 g/mol. The van der Waals surface area contributed by atoms with Gasteiger partial charge in [0.1, 0.15) is 6.29 Å². The van der Waals surface area contributed by atoms with Gasteiger partial charge in [-0.1, -0.05) is 13.8 Å². The maximum Gasteiger partial charge on any atom is 0.305 e. The summed E-state index contributed by atoms with van der Waals surface area (Å²) < 4.78 is 4.77. The summed E-state index contributed by atoms with van der Waals surface area (Å²) in [5, 5.41) is 0. The molecule has 0 bridgehead atoms. The first-order chi connectivity index (χ1) is 6.08. The summed E-state index contributed by atoms with van der Waals surface area (Å²) in [6.07, 6.45) is 2.59. The van der Waals surface area contributed by atoms with Crippen molar-refractivity contribution >= 4 is 12.3 Å². The molecule has 0 aromatic heterocycles. The largest absolute Gasteiger partial charge is 0.466 e. The van der Waals surface area contributed by atoms with Crippen LogP contribution in [0.2, 0.25) is 0 Å². The normalized spacial score (nSPS) is 14.7. The minimum atomic E-state index is -0.368. The number of esters is 1. The number of hydrogen-bond acceptors (Lipinski definition) is 3. The lowest BCUT2D eigenvalue weighted by molar-refractivity contribution is -0.143. The monoisotopic (exact) mass is 186 g/mol. The Bertz CT molecular complexity index is 177. The van der Waals surface area contributed by atoms with E-state index in [9.17, 15) is 9.59 Å². The number of carbonyl (C=O) groups excluding carboxylic acids is 2. The van der Waals surface area contributed by atoms with E-state index >= 15 is 0 Å². The lowest BCUT2D eigenvalue weighted by atomic mass is 9.84. The quantitative estimate of drug-likeness (QED) is 0.470. The van der Waals surface area contributed by atoms with Crippen LogP contribution in [0.25, 0.3) is 0 Å². The van der Waals surface area contributed by atoms with Crippen LogP contribution in [0.5, 0.6) is 0 Å². The average molecular weight is 186 g/mol. The molecule has 0 rings (SSSR count). The number of aldehydes is 1. The second kappa shape index (κ2) is 5.73. The fourth-order valence-electron chi connectivity index (χ4n) is 0.940. The molecule has 1 unspecified atom stereocenters. The van der Waals surface area contributed by atoms with Crippen LogP contribution in [-0.2, 0) is 14.3 Å². The third-order valence-corrected chi connectivity index (χ3v) is 2.30. The molecule has 0 aliphatic carbocycles. The highest BCUT2D eigenvalue weighted by molar-refractivity contribution is 5.70. The highest BCUT2D eigenvalue weighted by atomic mass is 16.5. The Hall–Kier alpha value is -0.860. The number of rotatable bonds is 6. The lowest BCUT2D eigenvalue weighted by Crippen LogP contribution is -2.19. The van der Waals surface area contributed by atoms with Gasteiger partial charge in [0.05, 0.1) is 6.61 Å². The summed E-state index contributed by atoms with van der Waals surface area (Å²) in [4.78, 5) is 21.7. The van der Waals surface area contributed by atoms with E-state index in [2.05, 4.69) is 0 Å².